The number of nitrogens with zero attached hydrogens (tertiary/aromatic N) is 1. The van der Waals surface area contributed by atoms with Gasteiger partial charge in [-0.05, 0) is 40.5 Å². The quantitative estimate of drug-likeness (QED) is 0.519. The van der Waals surface area contributed by atoms with Crippen LogP contribution in [0.1, 0.15) is 53.4 Å². The minimum absolute atomic E-state index is 0.224. The molecular formula is C13H28N4. The number of hydrogen-bond donors (Lipinski definition) is 3. The van der Waals surface area contributed by atoms with Gasteiger partial charge in [-0.25, -0.2) is 4.99 Å². The van der Waals surface area contributed by atoms with Crippen molar-refractivity contribution in [2.45, 2.75) is 77.5 Å². The van der Waals surface area contributed by atoms with Crippen LogP contribution in [0.25, 0.3) is 0 Å². The number of rotatable bonds is 3. The molecule has 0 saturated heterocycles. The van der Waals surface area contributed by atoms with Crippen LogP contribution < -0.4 is 16.4 Å². The zero-order valence-corrected chi connectivity index (χ0v) is 11.7. The van der Waals surface area contributed by atoms with Crippen molar-refractivity contribution in [2.75, 3.05) is 0 Å². The van der Waals surface area contributed by atoms with E-state index < -0.39 is 0 Å². The van der Waals surface area contributed by atoms with Gasteiger partial charge in [0.25, 0.3) is 0 Å². The second-order valence-electron chi connectivity index (χ2n) is 5.59. The van der Waals surface area contributed by atoms with E-state index in [1.54, 1.807) is 0 Å². The van der Waals surface area contributed by atoms with E-state index in [2.05, 4.69) is 38.3 Å². The molecule has 1 saturated carbocycles. The van der Waals surface area contributed by atoms with Crippen LogP contribution in [0.3, 0.4) is 0 Å². The van der Waals surface area contributed by atoms with Crippen LogP contribution in [-0.4, -0.2) is 30.1 Å². The number of nitrogens with one attached hydrogen (secondary N) is 2. The second-order valence-corrected chi connectivity index (χ2v) is 5.59. The third-order valence-corrected chi connectivity index (χ3v) is 2.93. The third kappa shape index (κ3) is 5.39. The summed E-state index contributed by atoms with van der Waals surface area (Å²) < 4.78 is 0. The molecule has 100 valence electrons. The molecule has 0 aromatic heterocycles. The Balaban J connectivity index is 2.65. The summed E-state index contributed by atoms with van der Waals surface area (Å²) in [5, 5.41) is 6.72. The molecule has 0 aromatic rings. The van der Waals surface area contributed by atoms with E-state index in [0.717, 1.165) is 18.8 Å². The molecule has 1 rings (SSSR count). The first-order chi connectivity index (χ1) is 7.99. The lowest BCUT2D eigenvalue weighted by Crippen LogP contribution is -2.46. The van der Waals surface area contributed by atoms with Crippen molar-refractivity contribution >= 4 is 5.96 Å². The van der Waals surface area contributed by atoms with E-state index in [0.29, 0.717) is 12.1 Å². The molecule has 0 aromatic carbocycles. The SMILES string of the molecule is CC(C)NC(=N[C@@H]1CCCC[C@H]1N)NC(C)C. The monoisotopic (exact) mass is 240 g/mol. The Bertz CT molecular complexity index is 236. The lowest BCUT2D eigenvalue weighted by atomic mass is 9.91. The first kappa shape index (κ1) is 14.3. The van der Waals surface area contributed by atoms with Gasteiger partial charge in [0, 0.05) is 18.1 Å². The van der Waals surface area contributed by atoms with Crippen molar-refractivity contribution in [3.05, 3.63) is 0 Å². The minimum atomic E-state index is 0.224. The van der Waals surface area contributed by atoms with E-state index in [-0.39, 0.29) is 12.1 Å². The Morgan fingerprint density at radius 3 is 2.06 bits per heavy atom. The van der Waals surface area contributed by atoms with Gasteiger partial charge < -0.3 is 16.4 Å². The molecule has 0 aliphatic heterocycles. The Kier molecular flexibility index (Phi) is 5.75. The van der Waals surface area contributed by atoms with E-state index in [1.807, 2.05) is 0 Å². The van der Waals surface area contributed by atoms with Gasteiger partial charge in [-0.2, -0.15) is 0 Å². The molecule has 0 heterocycles. The highest BCUT2D eigenvalue weighted by molar-refractivity contribution is 5.80. The molecule has 4 N–H and O–H groups in total. The van der Waals surface area contributed by atoms with Crippen LogP contribution in [0.5, 0.6) is 0 Å². The molecule has 0 radical (unpaired) electrons. The zero-order chi connectivity index (χ0) is 12.8. The topological polar surface area (TPSA) is 62.4 Å². The van der Waals surface area contributed by atoms with Crippen LogP contribution in [0.2, 0.25) is 0 Å². The fourth-order valence-electron chi connectivity index (χ4n) is 2.13. The fraction of sp³-hybridized carbons (Fsp3) is 0.923. The van der Waals surface area contributed by atoms with E-state index in [9.17, 15) is 0 Å². The first-order valence-corrected chi connectivity index (χ1v) is 6.85. The maximum absolute atomic E-state index is 6.13. The highest BCUT2D eigenvalue weighted by Gasteiger charge is 2.21. The minimum Gasteiger partial charge on any atom is -0.354 e. The predicted octanol–water partition coefficient (Wildman–Crippen LogP) is 1.61. The maximum atomic E-state index is 6.13. The summed E-state index contributed by atoms with van der Waals surface area (Å²) in [6, 6.07) is 1.28. The maximum Gasteiger partial charge on any atom is 0.191 e. The molecule has 17 heavy (non-hydrogen) atoms. The second kappa shape index (κ2) is 6.84. The Morgan fingerprint density at radius 2 is 1.59 bits per heavy atom. The normalized spacial score (nSPS) is 24.9. The van der Waals surface area contributed by atoms with E-state index in [4.69, 9.17) is 10.7 Å². The largest absolute Gasteiger partial charge is 0.354 e. The fourth-order valence-corrected chi connectivity index (χ4v) is 2.13. The molecule has 0 amide bonds. The molecular weight excluding hydrogens is 212 g/mol. The van der Waals surface area contributed by atoms with Gasteiger partial charge in [0.15, 0.2) is 5.96 Å². The van der Waals surface area contributed by atoms with Crippen molar-refractivity contribution in [1.29, 1.82) is 0 Å². The average molecular weight is 240 g/mol. The van der Waals surface area contributed by atoms with Crippen LogP contribution >= 0.6 is 0 Å². The van der Waals surface area contributed by atoms with Crippen LogP contribution in [0.15, 0.2) is 4.99 Å². The van der Waals surface area contributed by atoms with E-state index in [1.165, 1.54) is 12.8 Å². The first-order valence-electron chi connectivity index (χ1n) is 6.85. The van der Waals surface area contributed by atoms with Gasteiger partial charge in [0.2, 0.25) is 0 Å². The molecule has 0 bridgehead atoms. The smallest absolute Gasteiger partial charge is 0.191 e. The number of guanidine groups is 1. The Morgan fingerprint density at radius 1 is 1.06 bits per heavy atom. The zero-order valence-electron chi connectivity index (χ0n) is 11.7. The summed E-state index contributed by atoms with van der Waals surface area (Å²) >= 11 is 0. The van der Waals surface area contributed by atoms with Crippen molar-refractivity contribution < 1.29 is 0 Å². The average Bonchev–Trinajstić information content (AvgIpc) is 2.19. The molecule has 4 nitrogen and oxygen atoms in total. The number of aliphatic imine (C=N–C) groups is 1. The van der Waals surface area contributed by atoms with Crippen molar-refractivity contribution in [3.8, 4) is 0 Å². The number of hydrogen-bond acceptors (Lipinski definition) is 2. The Labute approximate surface area is 105 Å². The molecule has 4 heteroatoms. The van der Waals surface area contributed by atoms with Crippen molar-refractivity contribution in [3.63, 3.8) is 0 Å². The molecule has 1 fully saturated rings. The van der Waals surface area contributed by atoms with Crippen LogP contribution in [0.4, 0.5) is 0 Å². The van der Waals surface area contributed by atoms with E-state index >= 15 is 0 Å². The molecule has 0 unspecified atom stereocenters. The highest BCUT2D eigenvalue weighted by Crippen LogP contribution is 2.19. The third-order valence-electron chi connectivity index (χ3n) is 2.93. The van der Waals surface area contributed by atoms with Crippen LogP contribution in [0, 0.1) is 0 Å². The summed E-state index contributed by atoms with van der Waals surface area (Å²) in [6.45, 7) is 8.49. The molecule has 2 atom stereocenters. The van der Waals surface area contributed by atoms with Crippen molar-refractivity contribution in [1.82, 2.24) is 10.6 Å². The lowest BCUT2D eigenvalue weighted by molar-refractivity contribution is 0.384. The molecule has 0 spiro atoms. The summed E-state index contributed by atoms with van der Waals surface area (Å²) in [5.41, 5.74) is 6.13. The van der Waals surface area contributed by atoms with Crippen LogP contribution in [-0.2, 0) is 0 Å². The van der Waals surface area contributed by atoms with Gasteiger partial charge >= 0.3 is 0 Å². The summed E-state index contributed by atoms with van der Waals surface area (Å²) in [5.74, 6) is 0.900. The summed E-state index contributed by atoms with van der Waals surface area (Å²) in [7, 11) is 0. The van der Waals surface area contributed by atoms with Gasteiger partial charge in [-0.3, -0.25) is 0 Å². The van der Waals surface area contributed by atoms with Gasteiger partial charge in [0.05, 0.1) is 6.04 Å². The van der Waals surface area contributed by atoms with Gasteiger partial charge in [-0.15, -0.1) is 0 Å². The summed E-state index contributed by atoms with van der Waals surface area (Å²) in [4.78, 5) is 4.77. The lowest BCUT2D eigenvalue weighted by Gasteiger charge is -2.27. The number of nitrogens with two attached hydrogens (primary N) is 1. The summed E-state index contributed by atoms with van der Waals surface area (Å²) in [6.07, 6.45) is 4.71. The Hall–Kier alpha value is -0.770. The van der Waals surface area contributed by atoms with Gasteiger partial charge in [-0.1, -0.05) is 12.8 Å². The standard InChI is InChI=1S/C13H28N4/c1-9(2)15-13(16-10(3)4)17-12-8-6-5-7-11(12)14/h9-12H,5-8,14H2,1-4H3,(H2,15,16,17)/t11-,12-/m1/s1. The molecule has 1 aliphatic carbocycles. The van der Waals surface area contributed by atoms with Crippen molar-refractivity contribution in [2.24, 2.45) is 10.7 Å². The predicted molar refractivity (Wildman–Crippen MR) is 74.2 cm³/mol. The highest BCUT2D eigenvalue weighted by atomic mass is 15.2. The molecule has 1 aliphatic rings. The van der Waals surface area contributed by atoms with Gasteiger partial charge in [0.1, 0.15) is 0 Å².